The third-order valence-corrected chi connectivity index (χ3v) is 8.33. The molecule has 0 spiro atoms. The third-order valence-electron chi connectivity index (χ3n) is 6.24. The molecule has 2 amide bonds. The Morgan fingerprint density at radius 3 is 2.83 bits per heavy atom. The summed E-state index contributed by atoms with van der Waals surface area (Å²) in [6, 6.07) is 5.55. The first-order valence-electron chi connectivity index (χ1n) is 11.5. The number of thioether (sulfide) groups is 1. The van der Waals surface area contributed by atoms with Crippen LogP contribution in [-0.4, -0.2) is 51.3 Å². The molecule has 35 heavy (non-hydrogen) atoms. The van der Waals surface area contributed by atoms with E-state index < -0.39 is 0 Å². The Bertz CT molecular complexity index is 1330. The van der Waals surface area contributed by atoms with Gasteiger partial charge in [-0.2, -0.15) is 0 Å². The van der Waals surface area contributed by atoms with Crippen LogP contribution in [0.2, 0.25) is 0 Å². The first-order valence-corrected chi connectivity index (χ1v) is 13.3. The fraction of sp³-hybridized carbons (Fsp3) is 0.417. The van der Waals surface area contributed by atoms with Crippen molar-refractivity contribution < 1.29 is 18.7 Å². The summed E-state index contributed by atoms with van der Waals surface area (Å²) in [7, 11) is 0. The molecule has 2 aliphatic rings. The van der Waals surface area contributed by atoms with Crippen molar-refractivity contribution in [3.05, 3.63) is 50.9 Å². The second kappa shape index (κ2) is 10.1. The van der Waals surface area contributed by atoms with Gasteiger partial charge in [-0.05, 0) is 49.1 Å². The molecule has 2 aromatic heterocycles. The van der Waals surface area contributed by atoms with E-state index in [1.165, 1.54) is 47.4 Å². The number of nitrogens with one attached hydrogen (secondary N) is 1. The second-order valence-corrected chi connectivity index (χ2v) is 10.7. The third kappa shape index (κ3) is 5.12. The molecule has 1 fully saturated rings. The van der Waals surface area contributed by atoms with Crippen molar-refractivity contribution in [2.75, 3.05) is 24.2 Å². The number of carbonyl (C=O) groups is 2. The molecule has 5 rings (SSSR count). The van der Waals surface area contributed by atoms with Gasteiger partial charge in [0.1, 0.15) is 10.6 Å². The van der Waals surface area contributed by atoms with E-state index in [2.05, 4.69) is 5.32 Å². The highest BCUT2D eigenvalue weighted by molar-refractivity contribution is 7.99. The summed E-state index contributed by atoms with van der Waals surface area (Å²) in [5, 5.41) is 3.82. The summed E-state index contributed by atoms with van der Waals surface area (Å²) in [6.07, 6.45) is 2.38. The highest BCUT2D eigenvalue weighted by Gasteiger charge is 2.27. The molecule has 3 aromatic rings. The van der Waals surface area contributed by atoms with E-state index in [0.29, 0.717) is 53.7 Å². The van der Waals surface area contributed by atoms with Crippen molar-refractivity contribution in [1.82, 2.24) is 14.5 Å². The lowest BCUT2D eigenvalue weighted by Crippen LogP contribution is -2.34. The minimum atomic E-state index is -0.377. The van der Waals surface area contributed by atoms with Gasteiger partial charge in [0.15, 0.2) is 5.16 Å². The normalized spacial score (nSPS) is 17.5. The monoisotopic (exact) mass is 516 g/mol. The quantitative estimate of drug-likeness (QED) is 0.399. The molecule has 0 bridgehead atoms. The highest BCUT2D eigenvalue weighted by atomic mass is 32.2. The fourth-order valence-electron chi connectivity index (χ4n) is 4.45. The van der Waals surface area contributed by atoms with Gasteiger partial charge in [-0.15, -0.1) is 11.3 Å². The van der Waals surface area contributed by atoms with Crippen LogP contribution in [0.3, 0.4) is 0 Å². The zero-order valence-electron chi connectivity index (χ0n) is 19.2. The number of hydrogen-bond acceptors (Lipinski definition) is 7. The topological polar surface area (TPSA) is 93.5 Å². The molecule has 1 N–H and O–H groups in total. The number of thiophene rings is 1. The Balaban J connectivity index is 1.44. The van der Waals surface area contributed by atoms with Crippen LogP contribution in [0.5, 0.6) is 0 Å². The lowest BCUT2D eigenvalue weighted by atomic mass is 10.1. The van der Waals surface area contributed by atoms with E-state index in [1.54, 1.807) is 16.4 Å². The van der Waals surface area contributed by atoms with Crippen molar-refractivity contribution in [1.29, 1.82) is 0 Å². The zero-order valence-corrected chi connectivity index (χ0v) is 20.8. The van der Waals surface area contributed by atoms with Crippen molar-refractivity contribution in [2.24, 2.45) is 0 Å². The van der Waals surface area contributed by atoms with Crippen LogP contribution < -0.4 is 10.9 Å². The Labute approximate surface area is 209 Å². The van der Waals surface area contributed by atoms with Crippen LogP contribution in [0, 0.1) is 5.82 Å². The lowest BCUT2D eigenvalue weighted by Gasteiger charge is -2.25. The summed E-state index contributed by atoms with van der Waals surface area (Å²) < 4.78 is 20.5. The van der Waals surface area contributed by atoms with Crippen molar-refractivity contribution in [3.63, 3.8) is 0 Å². The summed E-state index contributed by atoms with van der Waals surface area (Å²) >= 11 is 2.63. The Hall–Kier alpha value is -2.76. The molecule has 8 nitrogen and oxygen atoms in total. The number of benzene rings is 1. The number of hydrogen-bond donors (Lipinski definition) is 1. The number of carbonyl (C=O) groups excluding carboxylic acids is 2. The average molecular weight is 517 g/mol. The van der Waals surface area contributed by atoms with Crippen LogP contribution in [0.15, 0.2) is 34.2 Å². The summed E-state index contributed by atoms with van der Waals surface area (Å²) in [4.78, 5) is 46.3. The molecule has 184 valence electrons. The Morgan fingerprint density at radius 1 is 1.31 bits per heavy atom. The van der Waals surface area contributed by atoms with Crippen LogP contribution in [-0.2, 0) is 33.8 Å². The highest BCUT2D eigenvalue weighted by Crippen LogP contribution is 2.34. The van der Waals surface area contributed by atoms with Crippen molar-refractivity contribution >= 4 is 50.8 Å². The number of anilines is 1. The number of aromatic nitrogens is 2. The smallest absolute Gasteiger partial charge is 0.263 e. The molecule has 1 aromatic carbocycles. The first kappa shape index (κ1) is 24.0. The van der Waals surface area contributed by atoms with E-state index in [1.807, 2.05) is 0 Å². The van der Waals surface area contributed by atoms with Gasteiger partial charge < -0.3 is 15.0 Å². The molecule has 4 heterocycles. The number of rotatable bonds is 6. The van der Waals surface area contributed by atoms with Gasteiger partial charge in [-0.25, -0.2) is 9.37 Å². The maximum atomic E-state index is 13.7. The minimum Gasteiger partial charge on any atom is -0.376 e. The first-order chi connectivity index (χ1) is 16.9. The van der Waals surface area contributed by atoms with Crippen LogP contribution in [0.4, 0.5) is 10.1 Å². The van der Waals surface area contributed by atoms with E-state index in [0.717, 1.165) is 23.3 Å². The molecule has 0 radical (unpaired) electrons. The van der Waals surface area contributed by atoms with E-state index in [-0.39, 0.29) is 35.0 Å². The molecule has 1 atom stereocenters. The van der Waals surface area contributed by atoms with Gasteiger partial charge in [0, 0.05) is 30.6 Å². The molecule has 1 saturated heterocycles. The largest absolute Gasteiger partial charge is 0.376 e. The molecule has 0 aliphatic carbocycles. The summed E-state index contributed by atoms with van der Waals surface area (Å²) in [6.45, 7) is 3.68. The van der Waals surface area contributed by atoms with Crippen molar-refractivity contribution in [3.8, 4) is 0 Å². The fourth-order valence-corrected chi connectivity index (χ4v) is 6.53. The zero-order chi connectivity index (χ0) is 24.5. The van der Waals surface area contributed by atoms with Gasteiger partial charge in [0.2, 0.25) is 11.8 Å². The number of halogens is 1. The number of nitrogens with zero attached hydrogens (tertiary/aromatic N) is 3. The summed E-state index contributed by atoms with van der Waals surface area (Å²) in [5.41, 5.74) is 1.35. The number of ether oxygens (including phenoxy) is 1. The summed E-state index contributed by atoms with van der Waals surface area (Å²) in [5.74, 6) is -0.593. The second-order valence-electron chi connectivity index (χ2n) is 8.66. The predicted octanol–water partition coefficient (Wildman–Crippen LogP) is 3.41. The Kier molecular flexibility index (Phi) is 6.90. The van der Waals surface area contributed by atoms with Crippen LogP contribution >= 0.6 is 23.1 Å². The van der Waals surface area contributed by atoms with Gasteiger partial charge in [-0.3, -0.25) is 19.0 Å². The number of amides is 2. The van der Waals surface area contributed by atoms with Crippen LogP contribution in [0.25, 0.3) is 10.2 Å². The van der Waals surface area contributed by atoms with Gasteiger partial charge >= 0.3 is 0 Å². The minimum absolute atomic E-state index is 0.0141. The van der Waals surface area contributed by atoms with E-state index >= 15 is 0 Å². The van der Waals surface area contributed by atoms with Crippen molar-refractivity contribution in [2.45, 2.75) is 50.5 Å². The molecule has 0 unspecified atom stereocenters. The van der Waals surface area contributed by atoms with Gasteiger partial charge in [0.25, 0.3) is 5.56 Å². The average Bonchev–Trinajstić information content (AvgIpc) is 3.48. The van der Waals surface area contributed by atoms with Crippen LogP contribution in [0.1, 0.15) is 30.2 Å². The SMILES string of the molecule is CC(=O)N1CCc2c(sc3nc(SCC(=O)Nc4ccc(F)cc4)n(C[C@H]4CCCO4)c(=O)c23)C1. The maximum Gasteiger partial charge on any atom is 0.263 e. The van der Waals surface area contributed by atoms with E-state index in [4.69, 9.17) is 9.72 Å². The van der Waals surface area contributed by atoms with Gasteiger partial charge in [0.05, 0.1) is 30.3 Å². The standard InChI is InChI=1S/C24H25FN4O4S2/c1-14(30)28-9-8-18-19(12-28)35-22-21(18)23(32)29(11-17-3-2-10-33-17)24(27-22)34-13-20(31)26-16-6-4-15(25)5-7-16/h4-7,17H,2-3,8-13H2,1H3,(H,26,31)/t17-/m1/s1. The Morgan fingerprint density at radius 2 is 2.11 bits per heavy atom. The lowest BCUT2D eigenvalue weighted by molar-refractivity contribution is -0.129. The molecule has 11 heteroatoms. The van der Waals surface area contributed by atoms with Gasteiger partial charge in [-0.1, -0.05) is 11.8 Å². The molecule has 2 aliphatic heterocycles. The molecular weight excluding hydrogens is 491 g/mol. The molecule has 0 saturated carbocycles. The van der Waals surface area contributed by atoms with E-state index in [9.17, 15) is 18.8 Å². The molecular formula is C24H25FN4O4S2. The maximum absolute atomic E-state index is 13.7. The number of fused-ring (bicyclic) bond motifs is 3. The predicted molar refractivity (Wildman–Crippen MR) is 133 cm³/mol.